The maximum absolute atomic E-state index is 12.0. The summed E-state index contributed by atoms with van der Waals surface area (Å²) >= 11 is 0. The van der Waals surface area contributed by atoms with Crippen LogP contribution >= 0.6 is 0 Å². The zero-order valence-corrected chi connectivity index (χ0v) is 13.3. The van der Waals surface area contributed by atoms with E-state index in [0.29, 0.717) is 0 Å². The fraction of sp³-hybridized carbons (Fsp3) is 0.312. The number of ether oxygens (including phenoxy) is 1. The summed E-state index contributed by atoms with van der Waals surface area (Å²) in [6, 6.07) is 4.53. The maximum Gasteiger partial charge on any atom is 0.272 e. The fourth-order valence-electron chi connectivity index (χ4n) is 2.03. The van der Waals surface area contributed by atoms with Gasteiger partial charge in [0.15, 0.2) is 11.5 Å². The van der Waals surface area contributed by atoms with Crippen molar-refractivity contribution >= 4 is 17.3 Å². The summed E-state index contributed by atoms with van der Waals surface area (Å²) in [6.45, 7) is 3.46. The molecule has 0 bridgehead atoms. The molecular formula is C16H18N2O5. The molecule has 1 amide bonds. The lowest BCUT2D eigenvalue weighted by Crippen LogP contribution is -2.36. The van der Waals surface area contributed by atoms with Gasteiger partial charge in [-0.2, -0.15) is 0 Å². The van der Waals surface area contributed by atoms with Gasteiger partial charge in [0, 0.05) is 14.1 Å². The zero-order chi connectivity index (χ0) is 17.3. The van der Waals surface area contributed by atoms with Gasteiger partial charge in [0.25, 0.3) is 16.8 Å². The molecule has 0 radical (unpaired) electrons. The number of hydrogen-bond acceptors (Lipinski definition) is 6. The summed E-state index contributed by atoms with van der Waals surface area (Å²) in [5, 5.41) is 12.9. The van der Waals surface area contributed by atoms with Gasteiger partial charge in [-0.1, -0.05) is 6.07 Å². The van der Waals surface area contributed by atoms with E-state index in [1.165, 1.54) is 17.0 Å². The highest BCUT2D eigenvalue weighted by molar-refractivity contribution is 5.98. The van der Waals surface area contributed by atoms with Crippen LogP contribution in [0.5, 0.6) is 11.5 Å². The molecule has 2 rings (SSSR count). The Balaban J connectivity index is 2.38. The van der Waals surface area contributed by atoms with Gasteiger partial charge in [-0.15, -0.1) is 0 Å². The van der Waals surface area contributed by atoms with E-state index in [0.717, 1.165) is 0 Å². The Morgan fingerprint density at radius 3 is 2.43 bits per heavy atom. The standard InChI is InChI=1S/C16H18N2O5/c1-8(2)23-15-11(13(20)14(15)21)17-10-7-5-6-9(12(10)19)16(22)18(3)4/h5-8,17,19H,1-4H3. The van der Waals surface area contributed by atoms with Gasteiger partial charge >= 0.3 is 0 Å². The summed E-state index contributed by atoms with van der Waals surface area (Å²) in [4.78, 5) is 36.6. The molecule has 122 valence electrons. The third-order valence-corrected chi connectivity index (χ3v) is 3.15. The van der Waals surface area contributed by atoms with Crippen LogP contribution < -0.4 is 20.9 Å². The molecule has 7 nitrogen and oxygen atoms in total. The van der Waals surface area contributed by atoms with Crippen molar-refractivity contribution in [2.45, 2.75) is 20.0 Å². The molecule has 2 N–H and O–H groups in total. The average Bonchev–Trinajstić information content (AvgIpc) is 2.50. The minimum absolute atomic E-state index is 0.0200. The molecule has 0 saturated carbocycles. The van der Waals surface area contributed by atoms with E-state index in [4.69, 9.17) is 4.74 Å². The number of carbonyl (C=O) groups is 1. The Morgan fingerprint density at radius 1 is 1.22 bits per heavy atom. The number of anilines is 2. The molecule has 2 aromatic carbocycles. The van der Waals surface area contributed by atoms with Crippen molar-refractivity contribution in [3.8, 4) is 11.5 Å². The Morgan fingerprint density at radius 2 is 1.87 bits per heavy atom. The highest BCUT2D eigenvalue weighted by Gasteiger charge is 2.25. The number of para-hydroxylation sites is 1. The fourth-order valence-corrected chi connectivity index (χ4v) is 2.03. The van der Waals surface area contributed by atoms with Crippen LogP contribution in [0.25, 0.3) is 0 Å². The minimum Gasteiger partial charge on any atom is -0.505 e. The summed E-state index contributed by atoms with van der Waals surface area (Å²) in [7, 11) is 3.13. The van der Waals surface area contributed by atoms with Crippen LogP contribution in [0, 0.1) is 0 Å². The number of phenolic OH excluding ortho intramolecular Hbond substituents is 1. The van der Waals surface area contributed by atoms with Gasteiger partial charge in [0.1, 0.15) is 5.69 Å². The number of nitrogens with one attached hydrogen (secondary N) is 1. The quantitative estimate of drug-likeness (QED) is 0.636. The third kappa shape index (κ3) is 3.03. The van der Waals surface area contributed by atoms with Gasteiger partial charge in [0.2, 0.25) is 0 Å². The van der Waals surface area contributed by atoms with Crippen molar-refractivity contribution in [1.29, 1.82) is 0 Å². The second-order valence-corrected chi connectivity index (χ2v) is 5.56. The first-order valence-corrected chi connectivity index (χ1v) is 7.04. The second-order valence-electron chi connectivity index (χ2n) is 5.56. The first-order chi connectivity index (χ1) is 10.7. The Kier molecular flexibility index (Phi) is 4.40. The molecular weight excluding hydrogens is 300 g/mol. The summed E-state index contributed by atoms with van der Waals surface area (Å²) in [6.07, 6.45) is -0.269. The lowest BCUT2D eigenvalue weighted by molar-refractivity contribution is 0.0824. The highest BCUT2D eigenvalue weighted by atomic mass is 16.5. The van der Waals surface area contributed by atoms with E-state index in [2.05, 4.69) is 5.32 Å². The van der Waals surface area contributed by atoms with Crippen molar-refractivity contribution in [2.75, 3.05) is 19.4 Å². The molecule has 0 heterocycles. The molecule has 0 aromatic heterocycles. The van der Waals surface area contributed by atoms with E-state index in [1.54, 1.807) is 34.0 Å². The monoisotopic (exact) mass is 318 g/mol. The molecule has 23 heavy (non-hydrogen) atoms. The summed E-state index contributed by atoms with van der Waals surface area (Å²) < 4.78 is 5.30. The molecule has 0 fully saturated rings. The second kappa shape index (κ2) is 6.12. The van der Waals surface area contributed by atoms with E-state index in [1.807, 2.05) is 0 Å². The number of hydrogen-bond donors (Lipinski definition) is 2. The first kappa shape index (κ1) is 16.5. The minimum atomic E-state index is -0.718. The van der Waals surface area contributed by atoms with E-state index in [9.17, 15) is 19.5 Å². The topological polar surface area (TPSA) is 95.9 Å². The molecule has 7 heteroatoms. The van der Waals surface area contributed by atoms with Crippen molar-refractivity contribution in [3.05, 3.63) is 44.2 Å². The van der Waals surface area contributed by atoms with Gasteiger partial charge in [-0.05, 0) is 26.0 Å². The number of amides is 1. The largest absolute Gasteiger partial charge is 0.505 e. The SMILES string of the molecule is CC(C)Oc1c(Nc2cccc(C(=O)N(C)C)c2O)c(=O)c1=O. The number of rotatable bonds is 5. The summed E-state index contributed by atoms with van der Waals surface area (Å²) in [5.74, 6) is -0.738. The van der Waals surface area contributed by atoms with Crippen LogP contribution in [0.3, 0.4) is 0 Å². The Bertz CT molecular complexity index is 816. The van der Waals surface area contributed by atoms with E-state index >= 15 is 0 Å². The van der Waals surface area contributed by atoms with Gasteiger partial charge in [0.05, 0.1) is 17.4 Å². The van der Waals surface area contributed by atoms with Crippen LogP contribution in [0.1, 0.15) is 24.2 Å². The number of phenols is 1. The van der Waals surface area contributed by atoms with Crippen molar-refractivity contribution in [2.24, 2.45) is 0 Å². The molecule has 0 atom stereocenters. The maximum atomic E-state index is 12.0. The third-order valence-electron chi connectivity index (χ3n) is 3.15. The number of benzene rings is 1. The molecule has 0 spiro atoms. The molecule has 0 unspecified atom stereocenters. The summed E-state index contributed by atoms with van der Waals surface area (Å²) in [5.41, 5.74) is -1.21. The smallest absolute Gasteiger partial charge is 0.272 e. The molecule has 2 aromatic rings. The normalized spacial score (nSPS) is 10.8. The average molecular weight is 318 g/mol. The highest BCUT2D eigenvalue weighted by Crippen LogP contribution is 2.32. The van der Waals surface area contributed by atoms with Crippen molar-refractivity contribution in [1.82, 2.24) is 4.90 Å². The molecule has 0 aliphatic carbocycles. The molecule has 0 saturated heterocycles. The van der Waals surface area contributed by atoms with Crippen LogP contribution in [0.4, 0.5) is 11.4 Å². The predicted octanol–water partition coefficient (Wildman–Crippen LogP) is 1.22. The predicted molar refractivity (Wildman–Crippen MR) is 86.5 cm³/mol. The van der Waals surface area contributed by atoms with Crippen molar-refractivity contribution in [3.63, 3.8) is 0 Å². The van der Waals surface area contributed by atoms with E-state index in [-0.39, 0.29) is 40.4 Å². The van der Waals surface area contributed by atoms with Gasteiger partial charge < -0.3 is 20.1 Å². The first-order valence-electron chi connectivity index (χ1n) is 7.04. The lowest BCUT2D eigenvalue weighted by atomic mass is 10.1. The van der Waals surface area contributed by atoms with Gasteiger partial charge in [-0.25, -0.2) is 0 Å². The van der Waals surface area contributed by atoms with Gasteiger partial charge in [-0.3, -0.25) is 14.4 Å². The number of aromatic hydroxyl groups is 1. The Labute approximate surface area is 132 Å². The van der Waals surface area contributed by atoms with Crippen LogP contribution in [-0.2, 0) is 0 Å². The van der Waals surface area contributed by atoms with Crippen LogP contribution in [0.2, 0.25) is 0 Å². The molecule has 0 aliphatic rings. The zero-order valence-electron chi connectivity index (χ0n) is 13.3. The van der Waals surface area contributed by atoms with Crippen LogP contribution in [0.15, 0.2) is 27.8 Å². The number of nitrogens with zero attached hydrogens (tertiary/aromatic N) is 1. The number of carbonyl (C=O) groups excluding carboxylic acids is 1. The molecule has 0 aliphatic heterocycles. The van der Waals surface area contributed by atoms with Crippen molar-refractivity contribution < 1.29 is 14.6 Å². The van der Waals surface area contributed by atoms with E-state index < -0.39 is 10.9 Å². The lowest BCUT2D eigenvalue weighted by Gasteiger charge is -2.18. The Hall–Kier alpha value is -2.83. The van der Waals surface area contributed by atoms with Crippen LogP contribution in [-0.4, -0.2) is 36.1 Å².